The molecule has 0 aliphatic carbocycles. The highest BCUT2D eigenvalue weighted by atomic mass is 32.2. The molecule has 6 nitrogen and oxygen atoms in total. The van der Waals surface area contributed by atoms with Gasteiger partial charge in [0.1, 0.15) is 0 Å². The second-order valence-corrected chi connectivity index (χ2v) is 7.73. The number of hydrazone groups is 1. The van der Waals surface area contributed by atoms with Crippen LogP contribution in [-0.2, 0) is 13.6 Å². The molecule has 3 rings (SSSR count). The second kappa shape index (κ2) is 7.72. The minimum absolute atomic E-state index is 0.571. The van der Waals surface area contributed by atoms with Crippen LogP contribution in [0.3, 0.4) is 0 Å². The predicted octanol–water partition coefficient (Wildman–Crippen LogP) is 3.51. The number of nitrogens with zero attached hydrogens (tertiary/aromatic N) is 5. The number of fused-ring (bicyclic) bond motifs is 1. The first-order valence-electron chi connectivity index (χ1n) is 7.80. The molecule has 0 saturated heterocycles. The third-order valence-electron chi connectivity index (χ3n) is 3.95. The lowest BCUT2D eigenvalue weighted by Gasteiger charge is -2.12. The highest BCUT2D eigenvalue weighted by Crippen LogP contribution is 2.32. The Hall–Kier alpha value is -2.63. The van der Waals surface area contributed by atoms with Gasteiger partial charge in [-0.15, -0.1) is 11.3 Å². The Morgan fingerprint density at radius 3 is 2.77 bits per heavy atom. The van der Waals surface area contributed by atoms with Crippen LogP contribution in [0.5, 0.6) is 0 Å². The summed E-state index contributed by atoms with van der Waals surface area (Å²) < 4.78 is 3.73. The van der Waals surface area contributed by atoms with E-state index in [4.69, 9.17) is 5.26 Å². The fourth-order valence-electron chi connectivity index (χ4n) is 2.61. The van der Waals surface area contributed by atoms with Crippen LogP contribution in [0.1, 0.15) is 27.2 Å². The van der Waals surface area contributed by atoms with E-state index in [0.717, 1.165) is 32.1 Å². The van der Waals surface area contributed by atoms with Gasteiger partial charge in [0.2, 0.25) is 0 Å². The number of hydrogen-bond acceptors (Lipinski definition) is 7. The number of aryl methyl sites for hydroxylation is 1. The first kappa shape index (κ1) is 18.2. The van der Waals surface area contributed by atoms with Crippen LogP contribution in [0.4, 0.5) is 0 Å². The smallest absolute Gasteiger partial charge is 0.167 e. The fraction of sp³-hybridized carbons (Fsp3) is 0.222. The van der Waals surface area contributed by atoms with Crippen molar-refractivity contribution in [2.24, 2.45) is 12.1 Å². The Balaban J connectivity index is 1.85. The van der Waals surface area contributed by atoms with Crippen LogP contribution < -0.4 is 0 Å². The molecule has 0 radical (unpaired) electrons. The first-order chi connectivity index (χ1) is 12.6. The summed E-state index contributed by atoms with van der Waals surface area (Å²) in [6.07, 6.45) is 4.55. The number of rotatable bonds is 6. The normalized spacial score (nSPS) is 11.2. The first-order valence-corrected chi connectivity index (χ1v) is 9.84. The maximum absolute atomic E-state index is 11.5. The van der Waals surface area contributed by atoms with Gasteiger partial charge >= 0.3 is 0 Å². The summed E-state index contributed by atoms with van der Waals surface area (Å²) in [5, 5.41) is 15.1. The molecule has 0 amide bonds. The summed E-state index contributed by atoms with van der Waals surface area (Å²) in [6, 6.07) is 9.52. The van der Waals surface area contributed by atoms with Crippen LogP contribution >= 0.6 is 23.1 Å². The fourth-order valence-corrected chi connectivity index (χ4v) is 4.22. The zero-order valence-corrected chi connectivity index (χ0v) is 16.3. The van der Waals surface area contributed by atoms with Gasteiger partial charge in [-0.1, -0.05) is 23.9 Å². The molecule has 8 heteroatoms. The molecule has 0 unspecified atom stereocenters. The molecule has 26 heavy (non-hydrogen) atoms. The number of aromatic nitrogens is 2. The van der Waals surface area contributed by atoms with Crippen molar-refractivity contribution in [3.8, 4) is 6.07 Å². The molecular formula is C18H17N5OS2. The Bertz CT molecular complexity index is 1010. The highest BCUT2D eigenvalue weighted by Gasteiger charge is 2.18. The third kappa shape index (κ3) is 3.49. The molecule has 0 aliphatic heterocycles. The zero-order valence-electron chi connectivity index (χ0n) is 14.6. The molecule has 2 heterocycles. The molecule has 3 aromatic rings. The van der Waals surface area contributed by atoms with Crippen LogP contribution in [0.2, 0.25) is 0 Å². The van der Waals surface area contributed by atoms with Gasteiger partial charge in [-0.3, -0.25) is 9.80 Å². The standard InChI is InChI=1S/C18H17N5OS2/c1-22(10-13-6-4-12(8-19)5-7-13)20-9-14-15(11-24)23(2)17-16(14)26-18(21-17)25-3/h4-7,9,11H,10H2,1-3H3/b20-9-. The average molecular weight is 384 g/mol. The maximum atomic E-state index is 11.5. The van der Waals surface area contributed by atoms with E-state index in [1.54, 1.807) is 51.0 Å². The molecular weight excluding hydrogens is 366 g/mol. The number of benzene rings is 1. The van der Waals surface area contributed by atoms with Crippen LogP contribution in [0, 0.1) is 11.3 Å². The summed E-state index contributed by atoms with van der Waals surface area (Å²) in [4.78, 5) is 16.1. The summed E-state index contributed by atoms with van der Waals surface area (Å²) >= 11 is 3.15. The summed E-state index contributed by atoms with van der Waals surface area (Å²) in [6.45, 7) is 0.605. The van der Waals surface area contributed by atoms with Gasteiger partial charge in [-0.2, -0.15) is 10.4 Å². The predicted molar refractivity (Wildman–Crippen MR) is 106 cm³/mol. The number of carbonyl (C=O) groups is 1. The van der Waals surface area contributed by atoms with Crippen molar-refractivity contribution in [3.63, 3.8) is 0 Å². The maximum Gasteiger partial charge on any atom is 0.167 e. The van der Waals surface area contributed by atoms with E-state index in [1.807, 2.05) is 32.5 Å². The van der Waals surface area contributed by atoms with Gasteiger partial charge in [0, 0.05) is 19.7 Å². The third-order valence-corrected chi connectivity index (χ3v) is 6.02. The Morgan fingerprint density at radius 1 is 1.42 bits per heavy atom. The van der Waals surface area contributed by atoms with Crippen molar-refractivity contribution >= 4 is 45.9 Å². The number of hydrogen-bond donors (Lipinski definition) is 0. The van der Waals surface area contributed by atoms with Crippen molar-refractivity contribution < 1.29 is 4.79 Å². The minimum atomic E-state index is 0.571. The molecule has 0 spiro atoms. The van der Waals surface area contributed by atoms with Gasteiger partial charge in [0.15, 0.2) is 16.3 Å². The quantitative estimate of drug-likeness (QED) is 0.282. The summed E-state index contributed by atoms with van der Waals surface area (Å²) in [5.41, 5.74) is 3.86. The molecule has 0 fully saturated rings. The zero-order chi connectivity index (χ0) is 18.7. The van der Waals surface area contributed by atoms with Gasteiger partial charge in [-0.05, 0) is 24.0 Å². The molecule has 0 aliphatic rings. The highest BCUT2D eigenvalue weighted by molar-refractivity contribution is 8.00. The summed E-state index contributed by atoms with van der Waals surface area (Å²) in [5.74, 6) is 0. The minimum Gasteiger partial charge on any atom is -0.325 e. The van der Waals surface area contributed by atoms with Crippen LogP contribution in [-0.4, -0.2) is 40.4 Å². The summed E-state index contributed by atoms with van der Waals surface area (Å²) in [7, 11) is 3.71. The van der Waals surface area contributed by atoms with Gasteiger partial charge in [0.05, 0.1) is 34.8 Å². The van der Waals surface area contributed by atoms with Crippen molar-refractivity contribution in [1.82, 2.24) is 14.6 Å². The van der Waals surface area contributed by atoms with Gasteiger partial charge < -0.3 is 4.57 Å². The Labute approximate surface area is 159 Å². The van der Waals surface area contributed by atoms with Gasteiger partial charge in [-0.25, -0.2) is 4.98 Å². The molecule has 132 valence electrons. The monoisotopic (exact) mass is 383 g/mol. The van der Waals surface area contributed by atoms with E-state index < -0.39 is 0 Å². The van der Waals surface area contributed by atoms with Crippen LogP contribution in [0.15, 0.2) is 33.7 Å². The molecule has 0 saturated carbocycles. The number of thioether (sulfide) groups is 1. The van der Waals surface area contributed by atoms with Crippen molar-refractivity contribution in [1.29, 1.82) is 5.26 Å². The van der Waals surface area contributed by atoms with Crippen molar-refractivity contribution in [3.05, 3.63) is 46.6 Å². The SMILES string of the molecule is CSc1nc2c(s1)c(/C=N\N(C)Cc1ccc(C#N)cc1)c(C=O)n2C. The van der Waals surface area contributed by atoms with E-state index in [9.17, 15) is 4.79 Å². The van der Waals surface area contributed by atoms with E-state index in [1.165, 1.54) is 0 Å². The number of aldehydes is 1. The van der Waals surface area contributed by atoms with Crippen LogP contribution in [0.25, 0.3) is 10.3 Å². The lowest BCUT2D eigenvalue weighted by atomic mass is 10.1. The molecule has 0 N–H and O–H groups in total. The van der Waals surface area contributed by atoms with E-state index in [-0.39, 0.29) is 0 Å². The van der Waals surface area contributed by atoms with E-state index >= 15 is 0 Å². The topological polar surface area (TPSA) is 74.3 Å². The Kier molecular flexibility index (Phi) is 5.40. The molecule has 2 aromatic heterocycles. The Morgan fingerprint density at radius 2 is 2.15 bits per heavy atom. The van der Waals surface area contributed by atoms with Crippen molar-refractivity contribution in [2.75, 3.05) is 13.3 Å². The molecule has 0 bridgehead atoms. The van der Waals surface area contributed by atoms with E-state index in [0.29, 0.717) is 17.8 Å². The largest absolute Gasteiger partial charge is 0.325 e. The van der Waals surface area contributed by atoms with Crippen molar-refractivity contribution in [2.45, 2.75) is 10.9 Å². The lowest BCUT2D eigenvalue weighted by molar-refractivity contribution is 0.111. The van der Waals surface area contributed by atoms with E-state index in [2.05, 4.69) is 16.2 Å². The molecule has 1 aromatic carbocycles. The number of thiazole rings is 1. The average Bonchev–Trinajstić information content (AvgIpc) is 3.18. The second-order valence-electron chi connectivity index (χ2n) is 5.68. The lowest BCUT2D eigenvalue weighted by Crippen LogP contribution is -2.11. The number of nitriles is 1. The molecule has 0 atom stereocenters. The van der Waals surface area contributed by atoms with Gasteiger partial charge in [0.25, 0.3) is 0 Å². The number of carbonyl (C=O) groups excluding carboxylic acids is 1.